The van der Waals surface area contributed by atoms with E-state index in [4.69, 9.17) is 0 Å². The van der Waals surface area contributed by atoms with E-state index in [1.807, 2.05) is 0 Å². The summed E-state index contributed by atoms with van der Waals surface area (Å²) in [6, 6.07) is 0. The van der Waals surface area contributed by atoms with Crippen LogP contribution in [0.4, 0.5) is 0 Å². The highest BCUT2D eigenvalue weighted by atomic mass is 79.9. The fraction of sp³-hybridized carbons (Fsp3) is 0.882. The van der Waals surface area contributed by atoms with E-state index in [1.54, 1.807) is 12.8 Å². The van der Waals surface area contributed by atoms with Crippen molar-refractivity contribution in [1.29, 1.82) is 0 Å². The number of hydrogen-bond acceptors (Lipinski definition) is 0. The fourth-order valence-corrected chi connectivity index (χ4v) is 9.22. The highest BCUT2D eigenvalue weighted by molar-refractivity contribution is 9.09. The monoisotopic (exact) mass is 304 g/mol. The smallest absolute Gasteiger partial charge is 0.0179 e. The summed E-state index contributed by atoms with van der Waals surface area (Å²) in [6.45, 7) is 0. The minimum absolute atomic E-state index is 0.885. The lowest BCUT2D eigenvalue weighted by Gasteiger charge is -2.45. The number of alkyl halides is 1. The molecule has 0 saturated heterocycles. The molecule has 11 atom stereocenters. The van der Waals surface area contributed by atoms with Gasteiger partial charge in [-0.3, -0.25) is 0 Å². The lowest BCUT2D eigenvalue weighted by atomic mass is 9.61. The normalized spacial score (nSPS) is 73.3. The van der Waals surface area contributed by atoms with Crippen LogP contribution in [0.15, 0.2) is 12.2 Å². The van der Waals surface area contributed by atoms with Crippen LogP contribution in [0.1, 0.15) is 25.7 Å². The van der Waals surface area contributed by atoms with Crippen LogP contribution in [0.2, 0.25) is 0 Å². The number of hydrogen-bond donors (Lipinski definition) is 0. The van der Waals surface area contributed by atoms with Crippen molar-refractivity contribution < 1.29 is 0 Å². The molecule has 0 aromatic carbocycles. The van der Waals surface area contributed by atoms with Crippen molar-refractivity contribution in [3.8, 4) is 0 Å². The first-order valence-corrected chi connectivity index (χ1v) is 9.07. The maximum atomic E-state index is 4.00. The first-order valence-electron chi connectivity index (χ1n) is 8.15. The standard InChI is InChI=1S/C17H21Br/c18-13-5-9-4-10(13)17-12-6-11(16(9)17)14-7-1-2-8(3-7)15(12)14/h1-2,7-17H,3-6H2. The Balaban J connectivity index is 1.46. The molecule has 6 aliphatic rings. The zero-order chi connectivity index (χ0) is 11.6. The maximum absolute atomic E-state index is 4.00. The molecule has 11 unspecified atom stereocenters. The molecule has 5 fully saturated rings. The predicted molar refractivity (Wildman–Crippen MR) is 75.2 cm³/mol. The van der Waals surface area contributed by atoms with Gasteiger partial charge in [-0.05, 0) is 84.9 Å². The minimum atomic E-state index is 0.885. The Kier molecular flexibility index (Phi) is 1.64. The summed E-state index contributed by atoms with van der Waals surface area (Å²) in [5.74, 6) is 11.1. The largest absolute Gasteiger partial charge is 0.0887 e. The molecule has 0 amide bonds. The SMILES string of the molecule is BrC1CC2CC1C1C3CC(C4C5C=CC(C5)C34)C21. The second-order valence-corrected chi connectivity index (χ2v) is 9.41. The summed E-state index contributed by atoms with van der Waals surface area (Å²) in [5, 5.41) is 0. The van der Waals surface area contributed by atoms with Crippen molar-refractivity contribution in [1.82, 2.24) is 0 Å². The van der Waals surface area contributed by atoms with Gasteiger partial charge in [0.1, 0.15) is 0 Å². The Labute approximate surface area is 118 Å². The summed E-state index contributed by atoms with van der Waals surface area (Å²) in [4.78, 5) is 0.885. The van der Waals surface area contributed by atoms with Gasteiger partial charge in [-0.25, -0.2) is 0 Å². The third-order valence-corrected chi connectivity index (χ3v) is 9.21. The third kappa shape index (κ3) is 0.883. The van der Waals surface area contributed by atoms with Crippen LogP contribution in [-0.2, 0) is 0 Å². The van der Waals surface area contributed by atoms with E-state index in [0.29, 0.717) is 0 Å². The number of fused-ring (bicyclic) bond motifs is 16. The van der Waals surface area contributed by atoms with Crippen LogP contribution >= 0.6 is 15.9 Å². The maximum Gasteiger partial charge on any atom is 0.0179 e. The van der Waals surface area contributed by atoms with E-state index in [0.717, 1.165) is 58.1 Å². The first-order chi connectivity index (χ1) is 8.83. The fourth-order valence-electron chi connectivity index (χ4n) is 8.17. The summed E-state index contributed by atoms with van der Waals surface area (Å²) in [7, 11) is 0. The van der Waals surface area contributed by atoms with E-state index in [9.17, 15) is 0 Å². The summed E-state index contributed by atoms with van der Waals surface area (Å²) in [5.41, 5.74) is 0. The molecular formula is C17H21Br. The zero-order valence-corrected chi connectivity index (χ0v) is 12.3. The van der Waals surface area contributed by atoms with E-state index in [2.05, 4.69) is 28.1 Å². The summed E-state index contributed by atoms with van der Waals surface area (Å²) in [6.07, 6.45) is 11.5. The van der Waals surface area contributed by atoms with Crippen LogP contribution in [-0.4, -0.2) is 4.83 Å². The minimum Gasteiger partial charge on any atom is -0.0887 e. The van der Waals surface area contributed by atoms with Gasteiger partial charge in [-0.15, -0.1) is 0 Å². The Hall–Kier alpha value is 0.220. The van der Waals surface area contributed by atoms with E-state index < -0.39 is 0 Å². The zero-order valence-electron chi connectivity index (χ0n) is 10.7. The molecule has 1 heteroatoms. The van der Waals surface area contributed by atoms with Crippen molar-refractivity contribution in [2.45, 2.75) is 30.5 Å². The molecule has 0 spiro atoms. The van der Waals surface area contributed by atoms with Crippen molar-refractivity contribution in [2.24, 2.45) is 59.2 Å². The first kappa shape index (κ1) is 10.0. The number of allylic oxidation sites excluding steroid dienone is 2. The molecule has 5 saturated carbocycles. The Morgan fingerprint density at radius 1 is 0.667 bits per heavy atom. The Morgan fingerprint density at radius 2 is 1.39 bits per heavy atom. The quantitative estimate of drug-likeness (QED) is 0.359. The topological polar surface area (TPSA) is 0 Å². The molecule has 0 N–H and O–H groups in total. The number of rotatable bonds is 0. The molecule has 0 heterocycles. The van der Waals surface area contributed by atoms with E-state index in [-0.39, 0.29) is 0 Å². The van der Waals surface area contributed by atoms with Gasteiger partial charge in [0.15, 0.2) is 0 Å². The van der Waals surface area contributed by atoms with Gasteiger partial charge in [0.2, 0.25) is 0 Å². The number of halogens is 1. The lowest BCUT2D eigenvalue weighted by molar-refractivity contribution is 0.0533. The molecule has 0 aromatic rings. The molecule has 96 valence electrons. The highest BCUT2D eigenvalue weighted by Gasteiger charge is 2.70. The molecule has 0 radical (unpaired) electrons. The molecule has 0 aromatic heterocycles. The third-order valence-electron chi connectivity index (χ3n) is 8.16. The lowest BCUT2D eigenvalue weighted by Crippen LogP contribution is -2.41. The Morgan fingerprint density at radius 3 is 2.17 bits per heavy atom. The van der Waals surface area contributed by atoms with Crippen molar-refractivity contribution >= 4 is 15.9 Å². The molecule has 18 heavy (non-hydrogen) atoms. The van der Waals surface area contributed by atoms with Gasteiger partial charge >= 0.3 is 0 Å². The molecular weight excluding hydrogens is 284 g/mol. The molecule has 6 bridgehead atoms. The Bertz CT molecular complexity index is 455. The van der Waals surface area contributed by atoms with Crippen LogP contribution in [0.5, 0.6) is 0 Å². The highest BCUT2D eigenvalue weighted by Crippen LogP contribution is 2.76. The average molecular weight is 305 g/mol. The average Bonchev–Trinajstić information content (AvgIpc) is 3.14. The van der Waals surface area contributed by atoms with Crippen molar-refractivity contribution in [3.05, 3.63) is 12.2 Å². The summed E-state index contributed by atoms with van der Waals surface area (Å²) >= 11 is 4.00. The van der Waals surface area contributed by atoms with Crippen LogP contribution in [0, 0.1) is 59.2 Å². The van der Waals surface area contributed by atoms with Gasteiger partial charge in [0.05, 0.1) is 0 Å². The molecule has 0 nitrogen and oxygen atoms in total. The van der Waals surface area contributed by atoms with E-state index in [1.165, 1.54) is 18.8 Å². The predicted octanol–water partition coefficient (Wildman–Crippen LogP) is 4.11. The van der Waals surface area contributed by atoms with Gasteiger partial charge in [-0.1, -0.05) is 28.1 Å². The van der Waals surface area contributed by atoms with Crippen molar-refractivity contribution in [3.63, 3.8) is 0 Å². The van der Waals surface area contributed by atoms with Gasteiger partial charge < -0.3 is 0 Å². The molecule has 6 aliphatic carbocycles. The van der Waals surface area contributed by atoms with Crippen LogP contribution < -0.4 is 0 Å². The second kappa shape index (κ2) is 2.95. The van der Waals surface area contributed by atoms with Crippen molar-refractivity contribution in [2.75, 3.05) is 0 Å². The molecule has 6 rings (SSSR count). The van der Waals surface area contributed by atoms with Gasteiger partial charge in [0.25, 0.3) is 0 Å². The summed E-state index contributed by atoms with van der Waals surface area (Å²) < 4.78 is 0. The second-order valence-electron chi connectivity index (χ2n) is 8.23. The van der Waals surface area contributed by atoms with Gasteiger partial charge in [0, 0.05) is 4.83 Å². The van der Waals surface area contributed by atoms with Crippen LogP contribution in [0.3, 0.4) is 0 Å². The van der Waals surface area contributed by atoms with Gasteiger partial charge in [-0.2, -0.15) is 0 Å². The van der Waals surface area contributed by atoms with E-state index >= 15 is 0 Å². The molecule has 0 aliphatic heterocycles. The van der Waals surface area contributed by atoms with Crippen LogP contribution in [0.25, 0.3) is 0 Å².